The Kier molecular flexibility index (Phi) is 50.0. The normalized spacial score (nSPS) is 6.70. The van der Waals surface area contributed by atoms with Crippen molar-refractivity contribution in [3.63, 3.8) is 0 Å². The average molecular weight is 310 g/mol. The van der Waals surface area contributed by atoms with E-state index in [0.29, 0.717) is 0 Å². The fraction of sp³-hybridized carbons (Fsp3) is 0.375. The van der Waals surface area contributed by atoms with Crippen LogP contribution in [0.5, 0.6) is 0 Å². The quantitative estimate of drug-likeness (QED) is 0.501. The Morgan fingerprint density at radius 2 is 0.650 bits per heavy atom. The summed E-state index contributed by atoms with van der Waals surface area (Å²) in [7, 11) is 10.5. The second-order valence-electron chi connectivity index (χ2n) is 3.27. The van der Waals surface area contributed by atoms with Crippen LogP contribution in [0.4, 0.5) is 0 Å². The van der Waals surface area contributed by atoms with Gasteiger partial charge in [0.1, 0.15) is 0 Å². The Hall–Kier alpha value is -0.706. The van der Waals surface area contributed by atoms with Gasteiger partial charge in [-0.25, -0.2) is 24.3 Å². The van der Waals surface area contributed by atoms with Crippen LogP contribution in [0.15, 0.2) is 60.7 Å². The molecule has 2 aromatic carbocycles. The summed E-state index contributed by atoms with van der Waals surface area (Å²) < 4.78 is 0. The minimum absolute atomic E-state index is 0. The van der Waals surface area contributed by atoms with Gasteiger partial charge in [0.15, 0.2) is 0 Å². The molecule has 0 amide bonds. The molecule has 0 fully saturated rings. The molecule has 0 spiro atoms. The monoisotopic (exact) mass is 310 g/mol. The molecule has 3 nitrogen and oxygen atoms in total. The van der Waals surface area contributed by atoms with Gasteiger partial charge in [0.25, 0.3) is 0 Å². The summed E-state index contributed by atoms with van der Waals surface area (Å²) in [6.45, 7) is 0. The molecule has 0 atom stereocenters. The van der Waals surface area contributed by atoms with E-state index in [1.165, 1.54) is 0 Å². The number of rotatable bonds is 0. The van der Waals surface area contributed by atoms with E-state index in [4.69, 9.17) is 0 Å². The molecule has 0 aliphatic rings. The molecular weight excluding hydrogens is 282 g/mol. The maximum atomic E-state index is 3.50. The van der Waals surface area contributed by atoms with Gasteiger partial charge in [-0.05, 0) is 0 Å². The van der Waals surface area contributed by atoms with E-state index in [-0.39, 0.29) is 21.7 Å². The molecule has 0 bridgehead atoms. The summed E-state index contributed by atoms with van der Waals surface area (Å²) in [4.78, 5) is 0. The first kappa shape index (κ1) is 27.6. The van der Waals surface area contributed by atoms with Crippen LogP contribution in [-0.2, 0) is 21.7 Å². The third kappa shape index (κ3) is 53.2. The van der Waals surface area contributed by atoms with Crippen molar-refractivity contribution in [2.24, 2.45) is 0 Å². The fourth-order valence-electron chi connectivity index (χ4n) is 0.642. The molecule has 20 heavy (non-hydrogen) atoms. The van der Waals surface area contributed by atoms with Crippen molar-refractivity contribution in [1.82, 2.24) is 0 Å². The first-order valence-corrected chi connectivity index (χ1v) is 6.02. The van der Waals surface area contributed by atoms with Gasteiger partial charge in [0.05, 0.1) is 0 Å². The van der Waals surface area contributed by atoms with Gasteiger partial charge in [-0.1, -0.05) is 0 Å². The first-order chi connectivity index (χ1) is 9.24. The maximum absolute atomic E-state index is 3.50. The van der Waals surface area contributed by atoms with Crippen molar-refractivity contribution < 1.29 is 21.7 Å². The Morgan fingerprint density at radius 3 is 0.700 bits per heavy atom. The molecule has 0 saturated heterocycles. The van der Waals surface area contributed by atoms with Gasteiger partial charge >= 0.3 is 0 Å². The summed E-state index contributed by atoms with van der Waals surface area (Å²) in [6, 6.07) is 20.0. The van der Waals surface area contributed by atoms with Gasteiger partial charge in [0.2, 0.25) is 0 Å². The molecule has 0 N–H and O–H groups in total. The van der Waals surface area contributed by atoms with Crippen molar-refractivity contribution >= 4 is 0 Å². The summed E-state index contributed by atoms with van der Waals surface area (Å²) in [5.74, 6) is 0. The molecule has 0 aromatic heterocycles. The Morgan fingerprint density at radius 1 is 0.500 bits per heavy atom. The third-order valence-corrected chi connectivity index (χ3v) is 1.11. The minimum Gasteiger partial charge on any atom is -0.668 e. The van der Waals surface area contributed by atoms with Crippen molar-refractivity contribution in [3.8, 4) is 0 Å². The van der Waals surface area contributed by atoms with E-state index in [2.05, 4.69) is 16.0 Å². The van der Waals surface area contributed by atoms with Crippen LogP contribution in [0.1, 0.15) is 0 Å². The summed E-state index contributed by atoms with van der Waals surface area (Å²) in [6.07, 6.45) is 0. The van der Waals surface area contributed by atoms with E-state index in [9.17, 15) is 0 Å². The van der Waals surface area contributed by atoms with E-state index >= 15 is 0 Å². The number of hydrogen-bond donors (Lipinski definition) is 0. The van der Waals surface area contributed by atoms with Gasteiger partial charge < -0.3 is 16.0 Å². The van der Waals surface area contributed by atoms with Crippen molar-refractivity contribution in [1.29, 1.82) is 0 Å². The predicted molar refractivity (Wildman–Crippen MR) is 89.7 cm³/mol. The van der Waals surface area contributed by atoms with E-state index < -0.39 is 0 Å². The molecule has 2 aromatic rings. The van der Waals surface area contributed by atoms with E-state index in [1.807, 2.05) is 60.7 Å². The van der Waals surface area contributed by atoms with Gasteiger partial charge in [-0.2, -0.15) is 78.7 Å². The van der Waals surface area contributed by atoms with Gasteiger partial charge in [0, 0.05) is 21.7 Å². The van der Waals surface area contributed by atoms with Crippen LogP contribution in [0.25, 0.3) is 16.0 Å². The summed E-state index contributed by atoms with van der Waals surface area (Å²) in [5.41, 5.74) is 0. The van der Waals surface area contributed by atoms with Crippen LogP contribution in [0, 0.1) is 0 Å². The maximum Gasteiger partial charge on any atom is 0 e. The van der Waals surface area contributed by atoms with Crippen molar-refractivity contribution in [3.05, 3.63) is 76.6 Å². The summed E-state index contributed by atoms with van der Waals surface area (Å²) in [5, 5.41) is 10.5. The van der Waals surface area contributed by atoms with Crippen LogP contribution in [0.3, 0.4) is 0 Å². The second kappa shape index (κ2) is 36.2. The Balaban J connectivity index is -0.0000000816. The molecule has 2 rings (SSSR count). The van der Waals surface area contributed by atoms with Crippen LogP contribution >= 0.6 is 0 Å². The molecule has 0 saturated carbocycles. The molecule has 0 aliphatic heterocycles. The van der Waals surface area contributed by atoms with E-state index in [1.54, 1.807) is 42.3 Å². The Labute approximate surface area is 140 Å². The van der Waals surface area contributed by atoms with Gasteiger partial charge in [-0.3, -0.25) is 0 Å². The topological polar surface area (TPSA) is 42.3 Å². The molecular formula is C16H28N3Ti-5. The molecule has 4 heteroatoms. The molecule has 0 aliphatic carbocycles. The SMILES string of the molecule is C[N-]C.C[N-]C.C[N-]C.[Ti].c1cc[cH-]c1.c1cc[cH-]c1. The molecule has 0 heterocycles. The summed E-state index contributed by atoms with van der Waals surface area (Å²) >= 11 is 0. The number of nitrogens with zero attached hydrogens (tertiary/aromatic N) is 3. The first-order valence-electron chi connectivity index (χ1n) is 6.02. The van der Waals surface area contributed by atoms with Crippen molar-refractivity contribution in [2.45, 2.75) is 0 Å². The van der Waals surface area contributed by atoms with Gasteiger partial charge in [-0.15, -0.1) is 0 Å². The fourth-order valence-corrected chi connectivity index (χ4v) is 0.642. The third-order valence-electron chi connectivity index (χ3n) is 1.11. The minimum atomic E-state index is 0. The van der Waals surface area contributed by atoms with E-state index in [0.717, 1.165) is 0 Å². The van der Waals surface area contributed by atoms with Crippen LogP contribution in [0.2, 0.25) is 0 Å². The standard InChI is InChI=1S/2C5H5.3C2H6N.Ti/c2*1-2-4-5-3-1;3*1-3-2;/h2*1-5H;3*1-2H3;/q5*-1;. The van der Waals surface area contributed by atoms with Crippen molar-refractivity contribution in [2.75, 3.05) is 42.3 Å². The van der Waals surface area contributed by atoms with Crippen LogP contribution in [-0.4, -0.2) is 42.3 Å². The smallest absolute Gasteiger partial charge is 0 e. The molecule has 0 radical (unpaired) electrons. The number of hydrogen-bond acceptors (Lipinski definition) is 0. The zero-order valence-corrected chi connectivity index (χ0v) is 15.2. The Bertz CT molecular complexity index is 190. The average Bonchev–Trinajstić information content (AvgIpc) is 3.11. The molecule has 116 valence electrons. The molecule has 0 unspecified atom stereocenters. The second-order valence-corrected chi connectivity index (χ2v) is 3.27. The predicted octanol–water partition coefficient (Wildman–Crippen LogP) is 4.67. The largest absolute Gasteiger partial charge is 0.668 e. The van der Waals surface area contributed by atoms with Crippen LogP contribution < -0.4 is 0 Å². The zero-order chi connectivity index (χ0) is 15.2. The zero-order valence-electron chi connectivity index (χ0n) is 13.6.